The molecular formula is C19H22ClN2O2+. The second-order valence-corrected chi connectivity index (χ2v) is 6.45. The van der Waals surface area contributed by atoms with Crippen molar-refractivity contribution in [3.05, 3.63) is 70.7 Å². The summed E-state index contributed by atoms with van der Waals surface area (Å²) in [6.07, 6.45) is 0. The van der Waals surface area contributed by atoms with Crippen molar-refractivity contribution in [3.63, 3.8) is 0 Å². The van der Waals surface area contributed by atoms with E-state index in [0.29, 0.717) is 10.6 Å². The molecule has 5 heteroatoms. The van der Waals surface area contributed by atoms with E-state index in [1.165, 1.54) is 4.90 Å². The van der Waals surface area contributed by atoms with E-state index in [1.807, 2.05) is 18.2 Å². The third-order valence-corrected chi connectivity index (χ3v) is 4.56. The molecule has 1 saturated heterocycles. The van der Waals surface area contributed by atoms with Gasteiger partial charge in [0, 0.05) is 10.6 Å². The monoisotopic (exact) mass is 345 g/mol. The van der Waals surface area contributed by atoms with Crippen LogP contribution in [0.25, 0.3) is 0 Å². The predicted octanol–water partition coefficient (Wildman–Crippen LogP) is 1.73. The first-order valence-electron chi connectivity index (χ1n) is 8.25. The van der Waals surface area contributed by atoms with E-state index in [-0.39, 0.29) is 11.9 Å². The van der Waals surface area contributed by atoms with Crippen LogP contribution in [0.1, 0.15) is 22.0 Å². The number of carbonyl (C=O) groups excluding carboxylic acids is 1. The minimum absolute atomic E-state index is 0.0255. The molecule has 0 aliphatic carbocycles. The third kappa shape index (κ3) is 4.57. The molecule has 24 heavy (non-hydrogen) atoms. The van der Waals surface area contributed by atoms with Gasteiger partial charge < -0.3 is 15.0 Å². The largest absolute Gasteiger partial charge is 0.370 e. The molecule has 1 aliphatic rings. The Morgan fingerprint density at radius 2 is 1.75 bits per heavy atom. The molecule has 2 aromatic carbocycles. The highest BCUT2D eigenvalue weighted by atomic mass is 35.5. The molecule has 0 radical (unpaired) electrons. The van der Waals surface area contributed by atoms with Gasteiger partial charge in [-0.3, -0.25) is 4.79 Å². The molecule has 2 aromatic rings. The Bertz CT molecular complexity index is 655. The maximum Gasteiger partial charge on any atom is 0.251 e. The van der Waals surface area contributed by atoms with Gasteiger partial charge in [0.15, 0.2) is 0 Å². The van der Waals surface area contributed by atoms with Crippen LogP contribution in [0.4, 0.5) is 0 Å². The predicted molar refractivity (Wildman–Crippen MR) is 94.5 cm³/mol. The number of ether oxygens (including phenoxy) is 1. The van der Waals surface area contributed by atoms with Crippen LogP contribution in [0.15, 0.2) is 54.6 Å². The van der Waals surface area contributed by atoms with Gasteiger partial charge in [0.25, 0.3) is 5.91 Å². The van der Waals surface area contributed by atoms with Gasteiger partial charge in [0.05, 0.1) is 13.2 Å². The van der Waals surface area contributed by atoms with E-state index < -0.39 is 0 Å². The number of nitrogens with one attached hydrogen (secondary N) is 2. The Balaban J connectivity index is 1.73. The molecule has 1 heterocycles. The highest BCUT2D eigenvalue weighted by Crippen LogP contribution is 2.14. The quantitative estimate of drug-likeness (QED) is 0.866. The molecule has 126 valence electrons. The van der Waals surface area contributed by atoms with Crippen LogP contribution in [0.2, 0.25) is 5.02 Å². The molecule has 0 bridgehead atoms. The van der Waals surface area contributed by atoms with Gasteiger partial charge in [-0.2, -0.15) is 0 Å². The lowest BCUT2D eigenvalue weighted by molar-refractivity contribution is -0.909. The van der Waals surface area contributed by atoms with E-state index in [0.717, 1.165) is 38.4 Å². The lowest BCUT2D eigenvalue weighted by atomic mass is 10.1. The molecule has 3 rings (SSSR count). The SMILES string of the molecule is O=C(N[C@@H](C[NH+]1CCOCC1)c1ccccc1)c1ccc(Cl)cc1. The van der Waals surface area contributed by atoms with Crippen molar-refractivity contribution < 1.29 is 14.4 Å². The van der Waals surface area contributed by atoms with Crippen molar-refractivity contribution in [1.82, 2.24) is 5.32 Å². The zero-order chi connectivity index (χ0) is 16.8. The van der Waals surface area contributed by atoms with E-state index in [1.54, 1.807) is 24.3 Å². The van der Waals surface area contributed by atoms with Crippen LogP contribution >= 0.6 is 11.6 Å². The van der Waals surface area contributed by atoms with Crippen LogP contribution < -0.4 is 10.2 Å². The highest BCUT2D eigenvalue weighted by Gasteiger charge is 2.23. The van der Waals surface area contributed by atoms with Crippen molar-refractivity contribution >= 4 is 17.5 Å². The summed E-state index contributed by atoms with van der Waals surface area (Å²) in [6, 6.07) is 17.1. The molecule has 0 saturated carbocycles. The molecular weight excluding hydrogens is 324 g/mol. The summed E-state index contributed by atoms with van der Waals surface area (Å²) in [6.45, 7) is 4.36. The fourth-order valence-electron chi connectivity index (χ4n) is 2.93. The molecule has 1 aliphatic heterocycles. The van der Waals surface area contributed by atoms with Gasteiger partial charge in [0.2, 0.25) is 0 Å². The lowest BCUT2D eigenvalue weighted by Gasteiger charge is -2.28. The van der Waals surface area contributed by atoms with Gasteiger partial charge in [0.1, 0.15) is 25.7 Å². The minimum atomic E-state index is -0.0758. The second-order valence-electron chi connectivity index (χ2n) is 6.01. The average molecular weight is 346 g/mol. The van der Waals surface area contributed by atoms with Crippen LogP contribution in [-0.2, 0) is 4.74 Å². The molecule has 0 aromatic heterocycles. The number of quaternary nitrogens is 1. The third-order valence-electron chi connectivity index (χ3n) is 4.31. The van der Waals surface area contributed by atoms with Crippen LogP contribution in [0.5, 0.6) is 0 Å². The number of benzene rings is 2. The van der Waals surface area contributed by atoms with Gasteiger partial charge in [-0.15, -0.1) is 0 Å². The summed E-state index contributed by atoms with van der Waals surface area (Å²) in [7, 11) is 0. The Labute approximate surface area is 147 Å². The summed E-state index contributed by atoms with van der Waals surface area (Å²) in [5, 5.41) is 3.80. The standard InChI is InChI=1S/C19H21ClN2O2/c20-17-8-6-16(7-9-17)19(23)21-18(15-4-2-1-3-5-15)14-22-10-12-24-13-11-22/h1-9,18H,10-14H2,(H,21,23)/p+1/t18-/m0/s1. The van der Waals surface area contributed by atoms with Crippen molar-refractivity contribution in [3.8, 4) is 0 Å². The average Bonchev–Trinajstić information content (AvgIpc) is 2.63. The van der Waals surface area contributed by atoms with E-state index in [2.05, 4.69) is 17.4 Å². The Hall–Kier alpha value is -1.88. The Kier molecular flexibility index (Phi) is 5.86. The summed E-state index contributed by atoms with van der Waals surface area (Å²) in [5.74, 6) is -0.0758. The Morgan fingerprint density at radius 3 is 2.42 bits per heavy atom. The van der Waals surface area contributed by atoms with Crippen molar-refractivity contribution in [2.24, 2.45) is 0 Å². The van der Waals surface area contributed by atoms with Crippen LogP contribution in [-0.4, -0.2) is 38.8 Å². The number of hydrogen-bond donors (Lipinski definition) is 2. The smallest absolute Gasteiger partial charge is 0.251 e. The molecule has 2 N–H and O–H groups in total. The second kappa shape index (κ2) is 8.29. The number of carbonyl (C=O) groups is 1. The molecule has 0 spiro atoms. The van der Waals surface area contributed by atoms with Gasteiger partial charge in [-0.05, 0) is 29.8 Å². The van der Waals surface area contributed by atoms with Crippen molar-refractivity contribution in [1.29, 1.82) is 0 Å². The molecule has 1 amide bonds. The van der Waals surface area contributed by atoms with Crippen molar-refractivity contribution in [2.45, 2.75) is 6.04 Å². The first kappa shape index (κ1) is 17.0. The van der Waals surface area contributed by atoms with E-state index in [4.69, 9.17) is 16.3 Å². The number of hydrogen-bond acceptors (Lipinski definition) is 2. The van der Waals surface area contributed by atoms with Gasteiger partial charge in [-0.1, -0.05) is 41.9 Å². The first-order chi connectivity index (χ1) is 11.7. The Morgan fingerprint density at radius 1 is 1.08 bits per heavy atom. The minimum Gasteiger partial charge on any atom is -0.370 e. The van der Waals surface area contributed by atoms with Crippen LogP contribution in [0, 0.1) is 0 Å². The van der Waals surface area contributed by atoms with Crippen molar-refractivity contribution in [2.75, 3.05) is 32.8 Å². The van der Waals surface area contributed by atoms with Gasteiger partial charge in [-0.25, -0.2) is 0 Å². The topological polar surface area (TPSA) is 42.8 Å². The van der Waals surface area contributed by atoms with E-state index >= 15 is 0 Å². The molecule has 1 fully saturated rings. The molecule has 0 unspecified atom stereocenters. The summed E-state index contributed by atoms with van der Waals surface area (Å²) in [4.78, 5) is 14.0. The number of morpholine rings is 1. The lowest BCUT2D eigenvalue weighted by Crippen LogP contribution is -3.14. The maximum absolute atomic E-state index is 12.6. The summed E-state index contributed by atoms with van der Waals surface area (Å²) >= 11 is 5.90. The van der Waals surface area contributed by atoms with Gasteiger partial charge >= 0.3 is 0 Å². The molecule has 1 atom stereocenters. The normalized spacial score (nSPS) is 16.5. The highest BCUT2D eigenvalue weighted by molar-refractivity contribution is 6.30. The fraction of sp³-hybridized carbons (Fsp3) is 0.316. The van der Waals surface area contributed by atoms with Crippen LogP contribution in [0.3, 0.4) is 0 Å². The maximum atomic E-state index is 12.6. The summed E-state index contributed by atoms with van der Waals surface area (Å²) < 4.78 is 5.43. The van der Waals surface area contributed by atoms with E-state index in [9.17, 15) is 4.79 Å². The first-order valence-corrected chi connectivity index (χ1v) is 8.63. The number of amides is 1. The summed E-state index contributed by atoms with van der Waals surface area (Å²) in [5.41, 5.74) is 1.75. The zero-order valence-electron chi connectivity index (χ0n) is 13.5. The number of halogens is 1. The molecule has 4 nitrogen and oxygen atoms in total. The zero-order valence-corrected chi connectivity index (χ0v) is 14.3. The fourth-order valence-corrected chi connectivity index (χ4v) is 3.06. The number of rotatable bonds is 5.